The van der Waals surface area contributed by atoms with Gasteiger partial charge in [0, 0.05) is 18.5 Å². The van der Waals surface area contributed by atoms with E-state index < -0.39 is 12.1 Å². The molecule has 1 heterocycles. The first-order valence-corrected chi connectivity index (χ1v) is 10.8. The smallest absolute Gasteiger partial charge is 0.478 e. The van der Waals surface area contributed by atoms with Crippen LogP contribution >= 0.6 is 0 Å². The van der Waals surface area contributed by atoms with Gasteiger partial charge in [-0.3, -0.25) is 0 Å². The van der Waals surface area contributed by atoms with E-state index in [-0.39, 0.29) is 11.3 Å². The summed E-state index contributed by atoms with van der Waals surface area (Å²) in [4.78, 5) is 27.2. The van der Waals surface area contributed by atoms with Gasteiger partial charge >= 0.3 is 12.1 Å². The molecule has 3 aromatic carbocycles. The third-order valence-corrected chi connectivity index (χ3v) is 5.52. The van der Waals surface area contributed by atoms with Crippen LogP contribution in [0.2, 0.25) is 0 Å². The Morgan fingerprint density at radius 1 is 1.00 bits per heavy atom. The lowest BCUT2D eigenvalue weighted by molar-refractivity contribution is 0.0697. The lowest BCUT2D eigenvalue weighted by Gasteiger charge is -2.12. The van der Waals surface area contributed by atoms with Crippen LogP contribution in [0.25, 0.3) is 22.2 Å². The number of fused-ring (bicyclic) bond motifs is 1. The zero-order chi connectivity index (χ0) is 23.4. The number of unbranched alkanes of at least 4 members (excludes halogenated alkanes) is 1. The first kappa shape index (κ1) is 22.1. The van der Waals surface area contributed by atoms with Gasteiger partial charge in [-0.05, 0) is 41.8 Å². The molecule has 4 aromatic rings. The number of rotatable bonds is 8. The predicted octanol–water partition coefficient (Wildman–Crippen LogP) is 5.85. The van der Waals surface area contributed by atoms with E-state index >= 15 is 0 Å². The lowest BCUT2D eigenvalue weighted by atomic mass is 10.0. The number of ether oxygens (including phenoxy) is 1. The van der Waals surface area contributed by atoms with E-state index in [1.165, 1.54) is 0 Å². The minimum Gasteiger partial charge on any atom is -0.478 e. The number of benzene rings is 3. The maximum atomic E-state index is 11.5. The number of hydrogen-bond acceptors (Lipinski definition) is 4. The van der Waals surface area contributed by atoms with Crippen molar-refractivity contribution in [3.63, 3.8) is 0 Å². The minimum atomic E-state index is -1.36. The number of hydrogen-bond donors (Lipinski definition) is 2. The Morgan fingerprint density at radius 3 is 2.45 bits per heavy atom. The molecule has 0 amide bonds. The monoisotopic (exact) mass is 444 g/mol. The Labute approximate surface area is 190 Å². The van der Waals surface area contributed by atoms with Crippen LogP contribution in [0.4, 0.5) is 4.79 Å². The predicted molar refractivity (Wildman–Crippen MR) is 125 cm³/mol. The van der Waals surface area contributed by atoms with Gasteiger partial charge < -0.3 is 19.5 Å². The van der Waals surface area contributed by atoms with E-state index in [1.807, 2.05) is 36.4 Å². The van der Waals surface area contributed by atoms with E-state index in [0.717, 1.165) is 47.2 Å². The molecule has 0 bridgehead atoms. The van der Waals surface area contributed by atoms with Gasteiger partial charge in [-0.1, -0.05) is 55.8 Å². The maximum absolute atomic E-state index is 11.5. The van der Waals surface area contributed by atoms with Gasteiger partial charge in [0.2, 0.25) is 0 Å². The van der Waals surface area contributed by atoms with Gasteiger partial charge in [-0.25, -0.2) is 14.6 Å². The summed E-state index contributed by atoms with van der Waals surface area (Å²) in [5.74, 6) is 0.242. The maximum Gasteiger partial charge on any atom is 0.511 e. The van der Waals surface area contributed by atoms with Crippen molar-refractivity contribution < 1.29 is 24.5 Å². The molecule has 0 unspecified atom stereocenters. The lowest BCUT2D eigenvalue weighted by Crippen LogP contribution is -2.06. The molecule has 7 heteroatoms. The highest BCUT2D eigenvalue weighted by molar-refractivity contribution is 5.92. The second kappa shape index (κ2) is 9.56. The summed E-state index contributed by atoms with van der Waals surface area (Å²) < 4.78 is 6.98. The largest absolute Gasteiger partial charge is 0.511 e. The highest BCUT2D eigenvalue weighted by Gasteiger charge is 2.14. The standard InChI is InChI=1S/C26H24N2O5/c1-2-3-8-24-27-21-14-13-19(25(29)30)15-22(21)28(24)16-17-9-11-18(12-10-17)20-6-4-5-7-23(20)33-26(31)32/h4-7,9-15H,2-3,8,16H2,1H3,(H,29,30)(H,31,32). The molecule has 0 fully saturated rings. The summed E-state index contributed by atoms with van der Waals surface area (Å²) in [5, 5.41) is 18.4. The molecule has 168 valence electrons. The second-order valence-corrected chi connectivity index (χ2v) is 7.79. The normalized spacial score (nSPS) is 10.9. The number of aromatic carboxylic acids is 1. The van der Waals surface area contributed by atoms with Crippen molar-refractivity contribution in [1.82, 2.24) is 9.55 Å². The fourth-order valence-electron chi connectivity index (χ4n) is 3.87. The fourth-order valence-corrected chi connectivity index (χ4v) is 3.87. The van der Waals surface area contributed by atoms with Crippen molar-refractivity contribution >= 4 is 23.2 Å². The van der Waals surface area contributed by atoms with E-state index in [4.69, 9.17) is 14.8 Å². The Kier molecular flexibility index (Phi) is 6.40. The zero-order valence-electron chi connectivity index (χ0n) is 18.2. The third kappa shape index (κ3) is 4.87. The molecule has 7 nitrogen and oxygen atoms in total. The molecule has 1 aromatic heterocycles. The third-order valence-electron chi connectivity index (χ3n) is 5.52. The quantitative estimate of drug-likeness (QED) is 0.261. The van der Waals surface area contributed by atoms with Crippen LogP contribution in [-0.2, 0) is 13.0 Å². The first-order valence-electron chi connectivity index (χ1n) is 10.8. The molecular formula is C26H24N2O5. The van der Waals surface area contributed by atoms with Crippen LogP contribution < -0.4 is 4.74 Å². The Hall–Kier alpha value is -4.13. The van der Waals surface area contributed by atoms with Crippen LogP contribution in [0.3, 0.4) is 0 Å². The SMILES string of the molecule is CCCCc1nc2ccc(C(=O)O)cc2n1Cc1ccc(-c2ccccc2OC(=O)O)cc1. The van der Waals surface area contributed by atoms with Crippen LogP contribution in [0, 0.1) is 0 Å². The molecule has 0 saturated heterocycles. The molecule has 0 atom stereocenters. The number of carboxylic acid groups (broad SMARTS) is 2. The summed E-state index contributed by atoms with van der Waals surface area (Å²) in [5.41, 5.74) is 4.36. The van der Waals surface area contributed by atoms with Gasteiger partial charge in [-0.2, -0.15) is 0 Å². The summed E-state index contributed by atoms with van der Waals surface area (Å²) in [6.45, 7) is 2.67. The summed E-state index contributed by atoms with van der Waals surface area (Å²) in [7, 11) is 0. The average Bonchev–Trinajstić information content (AvgIpc) is 3.14. The van der Waals surface area contributed by atoms with E-state index in [9.17, 15) is 14.7 Å². The van der Waals surface area contributed by atoms with E-state index in [2.05, 4.69) is 11.5 Å². The van der Waals surface area contributed by atoms with Crippen LogP contribution in [-0.4, -0.2) is 31.9 Å². The molecule has 0 saturated carbocycles. The van der Waals surface area contributed by atoms with Crippen molar-refractivity contribution in [2.75, 3.05) is 0 Å². The van der Waals surface area contributed by atoms with Crippen molar-refractivity contribution in [3.05, 3.63) is 83.7 Å². The fraction of sp³-hybridized carbons (Fsp3) is 0.192. The number of carboxylic acids is 1. The van der Waals surface area contributed by atoms with Crippen LogP contribution in [0.5, 0.6) is 5.75 Å². The zero-order valence-corrected chi connectivity index (χ0v) is 18.2. The number of imidazole rings is 1. The van der Waals surface area contributed by atoms with Gasteiger partial charge in [0.1, 0.15) is 11.6 Å². The highest BCUT2D eigenvalue weighted by atomic mass is 16.7. The molecule has 0 spiro atoms. The molecule has 2 N–H and O–H groups in total. The molecule has 4 rings (SSSR count). The van der Waals surface area contributed by atoms with E-state index in [1.54, 1.807) is 30.3 Å². The number of nitrogens with zero attached hydrogens (tertiary/aromatic N) is 2. The topological polar surface area (TPSA) is 102 Å². The van der Waals surface area contributed by atoms with Gasteiger partial charge in [0.15, 0.2) is 0 Å². The van der Waals surface area contributed by atoms with Gasteiger partial charge in [0.05, 0.1) is 16.6 Å². The molecule has 0 aliphatic carbocycles. The first-order chi connectivity index (χ1) is 16.0. The van der Waals surface area contributed by atoms with E-state index in [0.29, 0.717) is 12.1 Å². The molecular weight excluding hydrogens is 420 g/mol. The average molecular weight is 444 g/mol. The van der Waals surface area contributed by atoms with Crippen LogP contribution in [0.1, 0.15) is 41.5 Å². The highest BCUT2D eigenvalue weighted by Crippen LogP contribution is 2.30. The second-order valence-electron chi connectivity index (χ2n) is 7.79. The van der Waals surface area contributed by atoms with Crippen molar-refractivity contribution in [2.45, 2.75) is 32.7 Å². The Morgan fingerprint density at radius 2 is 1.76 bits per heavy atom. The van der Waals surface area contributed by atoms with Gasteiger partial charge in [0.25, 0.3) is 0 Å². The van der Waals surface area contributed by atoms with Crippen LogP contribution in [0.15, 0.2) is 66.7 Å². The summed E-state index contributed by atoms with van der Waals surface area (Å²) in [6, 6.07) is 19.8. The molecule has 0 aliphatic rings. The number of aromatic nitrogens is 2. The van der Waals surface area contributed by atoms with Crippen molar-refractivity contribution in [1.29, 1.82) is 0 Å². The molecule has 0 radical (unpaired) electrons. The molecule has 33 heavy (non-hydrogen) atoms. The van der Waals surface area contributed by atoms with Gasteiger partial charge in [-0.15, -0.1) is 0 Å². The van der Waals surface area contributed by atoms with Crippen molar-refractivity contribution in [2.24, 2.45) is 0 Å². The number of aryl methyl sites for hydroxylation is 1. The number of para-hydroxylation sites is 1. The minimum absolute atomic E-state index is 0.232. The molecule has 0 aliphatic heterocycles. The Balaban J connectivity index is 1.68. The summed E-state index contributed by atoms with van der Waals surface area (Å²) >= 11 is 0. The number of carbonyl (C=O) groups is 2. The Bertz CT molecular complexity index is 1310. The van der Waals surface area contributed by atoms with Crippen molar-refractivity contribution in [3.8, 4) is 16.9 Å². The summed E-state index contributed by atoms with van der Waals surface area (Å²) in [6.07, 6.45) is 1.49.